The summed E-state index contributed by atoms with van der Waals surface area (Å²) in [6, 6.07) is 1.88. The largest absolute Gasteiger partial charge is 0.480 e. The smallest absolute Gasteiger partial charge is 0.326 e. The van der Waals surface area contributed by atoms with Crippen LogP contribution >= 0.6 is 0 Å². The summed E-state index contributed by atoms with van der Waals surface area (Å²) in [5.41, 5.74) is 0. The van der Waals surface area contributed by atoms with Gasteiger partial charge >= 0.3 is 11.9 Å². The van der Waals surface area contributed by atoms with Gasteiger partial charge in [0.05, 0.1) is 7.11 Å². The number of ether oxygens (including phenoxy) is 1. The number of hydrogen-bond donors (Lipinski definition) is 2. The maximum atomic E-state index is 11.7. The molecule has 0 spiro atoms. The van der Waals surface area contributed by atoms with Crippen LogP contribution in [0.3, 0.4) is 0 Å². The predicted octanol–water partition coefficient (Wildman–Crippen LogP) is 0.724. The molecule has 1 aromatic heterocycles. The fraction of sp³-hybridized carbons (Fsp3) is 0.417. The zero-order valence-electron chi connectivity index (χ0n) is 10.6. The number of aryl methyl sites for hydroxylation is 1. The van der Waals surface area contributed by atoms with E-state index in [0.29, 0.717) is 5.76 Å². The Morgan fingerprint density at radius 1 is 1.42 bits per heavy atom. The van der Waals surface area contributed by atoms with Crippen LogP contribution in [0.5, 0.6) is 0 Å². The molecule has 19 heavy (non-hydrogen) atoms. The maximum absolute atomic E-state index is 11.7. The van der Waals surface area contributed by atoms with Gasteiger partial charge in [0.15, 0.2) is 5.76 Å². The molecule has 0 radical (unpaired) electrons. The maximum Gasteiger partial charge on any atom is 0.326 e. The van der Waals surface area contributed by atoms with E-state index >= 15 is 0 Å². The number of carboxylic acids is 1. The van der Waals surface area contributed by atoms with Crippen molar-refractivity contribution < 1.29 is 28.6 Å². The molecule has 1 heterocycles. The highest BCUT2D eigenvalue weighted by molar-refractivity contribution is 5.94. The van der Waals surface area contributed by atoms with Crippen LogP contribution in [0.25, 0.3) is 0 Å². The fourth-order valence-corrected chi connectivity index (χ4v) is 1.41. The highest BCUT2D eigenvalue weighted by atomic mass is 16.5. The van der Waals surface area contributed by atoms with E-state index in [0.717, 1.165) is 0 Å². The first kappa shape index (κ1) is 14.7. The number of carbonyl (C=O) groups excluding carboxylic acids is 2. The van der Waals surface area contributed by atoms with Crippen LogP contribution in [0.2, 0.25) is 0 Å². The van der Waals surface area contributed by atoms with Gasteiger partial charge in [0.25, 0.3) is 5.91 Å². The lowest BCUT2D eigenvalue weighted by Crippen LogP contribution is -2.41. The Bertz CT molecular complexity index is 478. The minimum atomic E-state index is -1.22. The van der Waals surface area contributed by atoms with E-state index in [1.54, 1.807) is 13.0 Å². The molecule has 0 saturated carbocycles. The predicted molar refractivity (Wildman–Crippen MR) is 63.6 cm³/mol. The number of aliphatic carboxylic acids is 1. The molecule has 0 aliphatic carbocycles. The quantitative estimate of drug-likeness (QED) is 0.737. The van der Waals surface area contributed by atoms with Gasteiger partial charge in [-0.2, -0.15) is 0 Å². The average Bonchev–Trinajstić information content (AvgIpc) is 2.80. The third-order valence-electron chi connectivity index (χ3n) is 2.43. The zero-order chi connectivity index (χ0) is 14.4. The summed E-state index contributed by atoms with van der Waals surface area (Å²) in [4.78, 5) is 33.6. The lowest BCUT2D eigenvalue weighted by Gasteiger charge is -2.12. The van der Waals surface area contributed by atoms with Crippen LogP contribution in [-0.2, 0) is 14.3 Å². The van der Waals surface area contributed by atoms with Crippen LogP contribution in [-0.4, -0.2) is 36.1 Å². The standard InChI is InChI=1S/C12H15NO6/c1-7-3-5-9(19-7)11(15)13-8(12(16)17)4-6-10(14)18-2/h3,5,8H,4,6H2,1-2H3,(H,13,15)(H,16,17)/t8-/m0/s1. The van der Waals surface area contributed by atoms with Gasteiger partial charge < -0.3 is 19.6 Å². The number of carboxylic acid groups (broad SMARTS) is 1. The lowest BCUT2D eigenvalue weighted by molar-refractivity contribution is -0.142. The molecule has 2 N–H and O–H groups in total. The molecule has 104 valence electrons. The first-order chi connectivity index (χ1) is 8.93. The number of rotatable bonds is 6. The number of methoxy groups -OCH3 is 1. The van der Waals surface area contributed by atoms with Gasteiger partial charge in [-0.15, -0.1) is 0 Å². The molecule has 7 heteroatoms. The van der Waals surface area contributed by atoms with Crippen molar-refractivity contribution in [1.82, 2.24) is 5.32 Å². The van der Waals surface area contributed by atoms with Crippen molar-refractivity contribution in [2.24, 2.45) is 0 Å². The average molecular weight is 269 g/mol. The van der Waals surface area contributed by atoms with Crippen molar-refractivity contribution in [3.63, 3.8) is 0 Å². The van der Waals surface area contributed by atoms with Crippen molar-refractivity contribution in [3.05, 3.63) is 23.7 Å². The number of furan rings is 1. The number of hydrogen-bond acceptors (Lipinski definition) is 5. The van der Waals surface area contributed by atoms with Gasteiger partial charge in [0.1, 0.15) is 11.8 Å². The summed E-state index contributed by atoms with van der Waals surface area (Å²) < 4.78 is 9.49. The van der Waals surface area contributed by atoms with E-state index < -0.39 is 23.9 Å². The molecule has 1 aromatic rings. The summed E-state index contributed by atoms with van der Waals surface area (Å²) >= 11 is 0. The van der Waals surface area contributed by atoms with Gasteiger partial charge in [-0.05, 0) is 25.5 Å². The molecule has 0 aromatic carbocycles. The molecule has 0 unspecified atom stereocenters. The summed E-state index contributed by atoms with van der Waals surface area (Å²) in [6.07, 6.45) is -0.141. The van der Waals surface area contributed by atoms with E-state index in [-0.39, 0.29) is 18.6 Å². The Balaban J connectivity index is 2.61. The van der Waals surface area contributed by atoms with Crippen molar-refractivity contribution in [2.45, 2.75) is 25.8 Å². The number of carbonyl (C=O) groups is 3. The minimum absolute atomic E-state index is 0.0295. The molecule has 1 rings (SSSR count). The SMILES string of the molecule is COC(=O)CC[C@H](NC(=O)c1ccc(C)o1)C(=O)O. The van der Waals surface area contributed by atoms with Crippen LogP contribution in [0.15, 0.2) is 16.5 Å². The third kappa shape index (κ3) is 4.46. The molecule has 0 bridgehead atoms. The molecule has 0 saturated heterocycles. The first-order valence-electron chi connectivity index (χ1n) is 5.61. The molecule has 1 amide bonds. The summed E-state index contributed by atoms with van der Waals surface area (Å²) in [6.45, 7) is 1.67. The Morgan fingerprint density at radius 3 is 2.58 bits per heavy atom. The number of nitrogens with one attached hydrogen (secondary N) is 1. The fourth-order valence-electron chi connectivity index (χ4n) is 1.41. The Kier molecular flexibility index (Phi) is 5.11. The molecule has 7 nitrogen and oxygen atoms in total. The van der Waals surface area contributed by atoms with Gasteiger partial charge in [-0.3, -0.25) is 9.59 Å². The van der Waals surface area contributed by atoms with Crippen molar-refractivity contribution in [2.75, 3.05) is 7.11 Å². The summed E-state index contributed by atoms with van der Waals surface area (Å²) in [7, 11) is 1.21. The highest BCUT2D eigenvalue weighted by Gasteiger charge is 2.23. The van der Waals surface area contributed by atoms with Crippen LogP contribution in [0.4, 0.5) is 0 Å². The van der Waals surface area contributed by atoms with E-state index in [1.165, 1.54) is 13.2 Å². The van der Waals surface area contributed by atoms with E-state index in [4.69, 9.17) is 9.52 Å². The lowest BCUT2D eigenvalue weighted by atomic mass is 10.1. The number of amides is 1. The van der Waals surface area contributed by atoms with Gasteiger partial charge in [0, 0.05) is 6.42 Å². The Hall–Kier alpha value is -2.31. The van der Waals surface area contributed by atoms with Gasteiger partial charge in [-0.25, -0.2) is 4.79 Å². The van der Waals surface area contributed by atoms with Gasteiger partial charge in [-0.1, -0.05) is 0 Å². The second kappa shape index (κ2) is 6.58. The monoisotopic (exact) mass is 269 g/mol. The van der Waals surface area contributed by atoms with E-state index in [1.807, 2.05) is 0 Å². The normalized spacial score (nSPS) is 11.7. The van der Waals surface area contributed by atoms with Crippen molar-refractivity contribution >= 4 is 17.8 Å². The van der Waals surface area contributed by atoms with Crippen LogP contribution < -0.4 is 5.32 Å². The van der Waals surface area contributed by atoms with Gasteiger partial charge in [0.2, 0.25) is 0 Å². The highest BCUT2D eigenvalue weighted by Crippen LogP contribution is 2.07. The van der Waals surface area contributed by atoms with Crippen LogP contribution in [0, 0.1) is 6.92 Å². The molecule has 0 fully saturated rings. The Labute approximate surface area is 109 Å². The molecular weight excluding hydrogens is 254 g/mol. The van der Waals surface area contributed by atoms with Crippen LogP contribution in [0.1, 0.15) is 29.2 Å². The van der Waals surface area contributed by atoms with Crippen molar-refractivity contribution in [3.8, 4) is 0 Å². The molecule has 0 aliphatic heterocycles. The molecule has 0 aliphatic rings. The first-order valence-corrected chi connectivity index (χ1v) is 5.61. The molecular formula is C12H15NO6. The third-order valence-corrected chi connectivity index (χ3v) is 2.43. The number of esters is 1. The summed E-state index contributed by atoms with van der Waals surface area (Å²) in [5.74, 6) is -1.81. The minimum Gasteiger partial charge on any atom is -0.480 e. The topological polar surface area (TPSA) is 106 Å². The van der Waals surface area contributed by atoms with E-state index in [2.05, 4.69) is 10.1 Å². The molecule has 1 atom stereocenters. The Morgan fingerprint density at radius 2 is 2.11 bits per heavy atom. The second-order valence-electron chi connectivity index (χ2n) is 3.89. The van der Waals surface area contributed by atoms with E-state index in [9.17, 15) is 14.4 Å². The summed E-state index contributed by atoms with van der Waals surface area (Å²) in [5, 5.41) is 11.2. The van der Waals surface area contributed by atoms with Crippen molar-refractivity contribution in [1.29, 1.82) is 0 Å². The zero-order valence-corrected chi connectivity index (χ0v) is 10.6. The second-order valence-corrected chi connectivity index (χ2v) is 3.89.